The van der Waals surface area contributed by atoms with Gasteiger partial charge in [-0.05, 0) is 45.8 Å². The Morgan fingerprint density at radius 3 is 2.74 bits per heavy atom. The number of hydrogen-bond donors (Lipinski definition) is 2. The molecule has 0 spiro atoms. The maximum absolute atomic E-state index is 12.5. The van der Waals surface area contributed by atoms with Crippen LogP contribution < -0.4 is 10.6 Å². The Morgan fingerprint density at radius 1 is 1.19 bits per heavy atom. The standard InChI is InChI=1S/C19H14BrN3O4/c20-14-6-2-4-12-8-15(27-17(12)14)18(25)22-13-5-1-3-11(7-13)10-23-16(24)9-21-19(23)26/h1-8H,9-10H2,(H,21,26)(H,22,25). The molecule has 1 aromatic heterocycles. The van der Waals surface area contributed by atoms with Crippen LogP contribution in [-0.2, 0) is 11.3 Å². The first-order valence-corrected chi connectivity index (χ1v) is 8.97. The van der Waals surface area contributed by atoms with Gasteiger partial charge in [0.2, 0.25) is 5.91 Å². The van der Waals surface area contributed by atoms with E-state index >= 15 is 0 Å². The molecule has 0 bridgehead atoms. The van der Waals surface area contributed by atoms with Crippen LogP contribution in [0.15, 0.2) is 57.4 Å². The molecule has 0 radical (unpaired) electrons. The third-order valence-electron chi connectivity index (χ3n) is 4.18. The normalized spacial score (nSPS) is 13.9. The number of anilines is 1. The molecule has 4 rings (SSSR count). The minimum absolute atomic E-state index is 0.0108. The lowest BCUT2D eigenvalue weighted by atomic mass is 10.2. The number of rotatable bonds is 4. The van der Waals surface area contributed by atoms with Crippen molar-refractivity contribution in [1.29, 1.82) is 0 Å². The summed E-state index contributed by atoms with van der Waals surface area (Å²) in [5.41, 5.74) is 1.88. The van der Waals surface area contributed by atoms with Crippen molar-refractivity contribution in [2.45, 2.75) is 6.54 Å². The first kappa shape index (κ1) is 17.3. The first-order valence-electron chi connectivity index (χ1n) is 8.18. The highest BCUT2D eigenvalue weighted by Gasteiger charge is 2.28. The molecule has 2 aromatic carbocycles. The largest absolute Gasteiger partial charge is 0.450 e. The summed E-state index contributed by atoms with van der Waals surface area (Å²) in [7, 11) is 0. The molecular formula is C19H14BrN3O4. The molecule has 2 heterocycles. The number of halogens is 1. The predicted octanol–water partition coefficient (Wildman–Crippen LogP) is 3.50. The molecule has 0 saturated carbocycles. The molecule has 3 aromatic rings. The van der Waals surface area contributed by atoms with Gasteiger partial charge in [-0.2, -0.15) is 0 Å². The molecule has 27 heavy (non-hydrogen) atoms. The van der Waals surface area contributed by atoms with Crippen LogP contribution in [-0.4, -0.2) is 29.3 Å². The third-order valence-corrected chi connectivity index (χ3v) is 4.81. The van der Waals surface area contributed by atoms with Crippen LogP contribution in [0.4, 0.5) is 10.5 Å². The van der Waals surface area contributed by atoms with E-state index in [-0.39, 0.29) is 30.7 Å². The van der Waals surface area contributed by atoms with Crippen LogP contribution >= 0.6 is 15.9 Å². The number of nitrogens with one attached hydrogen (secondary N) is 2. The SMILES string of the molecule is O=C(Nc1cccc(CN2C(=O)CNC2=O)c1)c1cc2cccc(Br)c2o1. The number of hydrogen-bond acceptors (Lipinski definition) is 4. The monoisotopic (exact) mass is 427 g/mol. The maximum Gasteiger partial charge on any atom is 0.324 e. The summed E-state index contributed by atoms with van der Waals surface area (Å²) >= 11 is 3.40. The molecule has 1 saturated heterocycles. The fraction of sp³-hybridized carbons (Fsp3) is 0.105. The van der Waals surface area contributed by atoms with Crippen molar-refractivity contribution in [3.63, 3.8) is 0 Å². The zero-order valence-corrected chi connectivity index (χ0v) is 15.6. The van der Waals surface area contributed by atoms with Crippen LogP contribution in [0, 0.1) is 0 Å². The molecule has 2 N–H and O–H groups in total. The second kappa shape index (κ2) is 6.88. The fourth-order valence-electron chi connectivity index (χ4n) is 2.88. The van der Waals surface area contributed by atoms with E-state index in [1.54, 1.807) is 30.3 Å². The molecule has 1 fully saturated rings. The number of furan rings is 1. The molecule has 4 amide bonds. The van der Waals surface area contributed by atoms with E-state index in [0.29, 0.717) is 11.3 Å². The highest BCUT2D eigenvalue weighted by Crippen LogP contribution is 2.27. The summed E-state index contributed by atoms with van der Waals surface area (Å²) in [5.74, 6) is -0.469. The highest BCUT2D eigenvalue weighted by atomic mass is 79.9. The number of urea groups is 1. The van der Waals surface area contributed by atoms with Crippen LogP contribution in [0.2, 0.25) is 0 Å². The van der Waals surface area contributed by atoms with Gasteiger partial charge in [0.15, 0.2) is 5.76 Å². The van der Waals surface area contributed by atoms with Crippen LogP contribution in [0.1, 0.15) is 16.1 Å². The fourth-order valence-corrected chi connectivity index (χ4v) is 3.34. The third kappa shape index (κ3) is 3.43. The molecule has 1 aliphatic heterocycles. The maximum atomic E-state index is 12.5. The number of amides is 4. The number of nitrogens with zero attached hydrogens (tertiary/aromatic N) is 1. The van der Waals surface area contributed by atoms with Crippen molar-refractivity contribution in [2.75, 3.05) is 11.9 Å². The summed E-state index contributed by atoms with van der Waals surface area (Å²) in [6.07, 6.45) is 0. The van der Waals surface area contributed by atoms with E-state index in [4.69, 9.17) is 4.42 Å². The van der Waals surface area contributed by atoms with Gasteiger partial charge in [-0.1, -0.05) is 24.3 Å². The molecule has 0 unspecified atom stereocenters. The van der Waals surface area contributed by atoms with Crippen molar-refractivity contribution >= 4 is 50.4 Å². The summed E-state index contributed by atoms with van der Waals surface area (Å²) < 4.78 is 6.41. The molecule has 8 heteroatoms. The topological polar surface area (TPSA) is 91.7 Å². The number of benzene rings is 2. The lowest BCUT2D eigenvalue weighted by Gasteiger charge is -2.13. The Balaban J connectivity index is 1.52. The van der Waals surface area contributed by atoms with E-state index in [2.05, 4.69) is 26.6 Å². The van der Waals surface area contributed by atoms with Crippen molar-refractivity contribution in [3.05, 3.63) is 64.3 Å². The Kier molecular flexibility index (Phi) is 4.41. The van der Waals surface area contributed by atoms with Gasteiger partial charge in [0, 0.05) is 11.1 Å². The van der Waals surface area contributed by atoms with Crippen LogP contribution in [0.25, 0.3) is 11.0 Å². The summed E-state index contributed by atoms with van der Waals surface area (Å²) in [6.45, 7) is 0.156. The summed E-state index contributed by atoms with van der Waals surface area (Å²) in [5, 5.41) is 6.07. The zero-order chi connectivity index (χ0) is 19.0. The molecule has 1 aliphatic rings. The van der Waals surface area contributed by atoms with Crippen molar-refractivity contribution in [2.24, 2.45) is 0 Å². The lowest BCUT2D eigenvalue weighted by Crippen LogP contribution is -2.30. The van der Waals surface area contributed by atoms with E-state index in [9.17, 15) is 14.4 Å². The van der Waals surface area contributed by atoms with Gasteiger partial charge in [0.25, 0.3) is 5.91 Å². The van der Waals surface area contributed by atoms with Gasteiger partial charge < -0.3 is 15.1 Å². The van der Waals surface area contributed by atoms with E-state index in [0.717, 1.165) is 20.3 Å². The van der Waals surface area contributed by atoms with Crippen molar-refractivity contribution in [3.8, 4) is 0 Å². The average molecular weight is 428 g/mol. The zero-order valence-electron chi connectivity index (χ0n) is 14.0. The second-order valence-corrected chi connectivity index (χ2v) is 6.92. The Morgan fingerprint density at radius 2 is 2.00 bits per heavy atom. The smallest absolute Gasteiger partial charge is 0.324 e. The van der Waals surface area contributed by atoms with E-state index in [1.807, 2.05) is 18.2 Å². The number of carbonyl (C=O) groups is 3. The Hall–Kier alpha value is -3.13. The molecule has 136 valence electrons. The minimum Gasteiger partial charge on any atom is -0.450 e. The summed E-state index contributed by atoms with van der Waals surface area (Å²) in [6, 6.07) is 13.8. The number of carbonyl (C=O) groups excluding carboxylic acids is 3. The number of fused-ring (bicyclic) bond motifs is 1. The van der Waals surface area contributed by atoms with Gasteiger partial charge in [-0.15, -0.1) is 0 Å². The predicted molar refractivity (Wildman–Crippen MR) is 102 cm³/mol. The molecule has 7 nitrogen and oxygen atoms in total. The van der Waals surface area contributed by atoms with Gasteiger partial charge >= 0.3 is 6.03 Å². The van der Waals surface area contributed by atoms with E-state index in [1.165, 1.54) is 0 Å². The second-order valence-electron chi connectivity index (χ2n) is 6.06. The average Bonchev–Trinajstić information content (AvgIpc) is 3.22. The van der Waals surface area contributed by atoms with Gasteiger partial charge in [-0.3, -0.25) is 14.5 Å². The summed E-state index contributed by atoms with van der Waals surface area (Å²) in [4.78, 5) is 37.0. The van der Waals surface area contributed by atoms with Crippen LogP contribution in [0.3, 0.4) is 0 Å². The first-order chi connectivity index (χ1) is 13.0. The van der Waals surface area contributed by atoms with Gasteiger partial charge in [0.1, 0.15) is 5.58 Å². The quantitative estimate of drug-likeness (QED) is 0.623. The highest BCUT2D eigenvalue weighted by molar-refractivity contribution is 9.10. The van der Waals surface area contributed by atoms with Gasteiger partial charge in [-0.25, -0.2) is 4.79 Å². The van der Waals surface area contributed by atoms with E-state index < -0.39 is 6.03 Å². The van der Waals surface area contributed by atoms with Crippen LogP contribution in [0.5, 0.6) is 0 Å². The Labute approximate surface area is 162 Å². The Bertz CT molecular complexity index is 1060. The van der Waals surface area contributed by atoms with Crippen molar-refractivity contribution < 1.29 is 18.8 Å². The van der Waals surface area contributed by atoms with Gasteiger partial charge in [0.05, 0.1) is 17.6 Å². The number of imide groups is 1. The number of para-hydroxylation sites is 1. The minimum atomic E-state index is -0.415. The molecule has 0 aliphatic carbocycles. The molecular weight excluding hydrogens is 414 g/mol. The van der Waals surface area contributed by atoms with Crippen molar-refractivity contribution in [1.82, 2.24) is 10.2 Å². The molecule has 0 atom stereocenters. The lowest BCUT2D eigenvalue weighted by molar-refractivity contribution is -0.125.